The quantitative estimate of drug-likeness (QED) is 0.785. The van der Waals surface area contributed by atoms with Gasteiger partial charge in [0.05, 0.1) is 23.4 Å². The topological polar surface area (TPSA) is 33.7 Å². The fourth-order valence-electron chi connectivity index (χ4n) is 2.79. The normalized spacial score (nSPS) is 19.0. The first-order chi connectivity index (χ1) is 10.3. The maximum Gasteiger partial charge on any atom is 0.0746 e. The van der Waals surface area contributed by atoms with Gasteiger partial charge >= 0.3 is 0 Å². The summed E-state index contributed by atoms with van der Waals surface area (Å²) in [6.07, 6.45) is 2.56. The number of methoxy groups -OCH3 is 2. The molecule has 1 aliphatic heterocycles. The van der Waals surface area contributed by atoms with Crippen molar-refractivity contribution in [2.24, 2.45) is 0 Å². The Morgan fingerprint density at radius 1 is 1.38 bits per heavy atom. The Morgan fingerprint density at radius 2 is 2.24 bits per heavy atom. The molecule has 0 spiro atoms. The average molecular weight is 313 g/mol. The molecule has 1 heterocycles. The summed E-state index contributed by atoms with van der Waals surface area (Å²) in [6.45, 7) is 4.29. The van der Waals surface area contributed by atoms with Gasteiger partial charge in [0.2, 0.25) is 0 Å². The third-order valence-electron chi connectivity index (χ3n) is 3.90. The Kier molecular flexibility index (Phi) is 6.77. The maximum atomic E-state index is 6.46. The standard InChI is InChI=1S/C16H25ClN2O2/c1-20-10-8-18-11-13-5-3-7-15(17)16(13)19-9-4-6-14(12-19)21-2/h3,5,7,14,18H,4,6,8-12H2,1-2H3. The predicted molar refractivity (Wildman–Crippen MR) is 87.3 cm³/mol. The lowest BCUT2D eigenvalue weighted by Gasteiger charge is -2.35. The van der Waals surface area contributed by atoms with Gasteiger partial charge in [0.15, 0.2) is 0 Å². The highest BCUT2D eigenvalue weighted by molar-refractivity contribution is 6.33. The minimum absolute atomic E-state index is 0.296. The van der Waals surface area contributed by atoms with E-state index in [2.05, 4.69) is 16.3 Å². The summed E-state index contributed by atoms with van der Waals surface area (Å²) in [5.41, 5.74) is 2.38. The minimum atomic E-state index is 0.296. The van der Waals surface area contributed by atoms with E-state index in [1.807, 2.05) is 12.1 Å². The van der Waals surface area contributed by atoms with Crippen LogP contribution >= 0.6 is 11.6 Å². The number of hydrogen-bond donors (Lipinski definition) is 1. The lowest BCUT2D eigenvalue weighted by molar-refractivity contribution is 0.0893. The molecule has 1 N–H and O–H groups in total. The van der Waals surface area contributed by atoms with E-state index in [1.165, 1.54) is 5.56 Å². The first kappa shape index (κ1) is 16.6. The highest BCUT2D eigenvalue weighted by atomic mass is 35.5. The Bertz CT molecular complexity index is 442. The number of piperidine rings is 1. The van der Waals surface area contributed by atoms with Crippen LogP contribution in [0.2, 0.25) is 5.02 Å². The molecule has 0 amide bonds. The smallest absolute Gasteiger partial charge is 0.0746 e. The summed E-state index contributed by atoms with van der Waals surface area (Å²) in [7, 11) is 3.50. The molecule has 0 aliphatic carbocycles. The molecule has 4 nitrogen and oxygen atoms in total. The van der Waals surface area contributed by atoms with Crippen molar-refractivity contribution in [2.45, 2.75) is 25.5 Å². The number of benzene rings is 1. The van der Waals surface area contributed by atoms with Crippen molar-refractivity contribution in [2.75, 3.05) is 45.4 Å². The molecular weight excluding hydrogens is 288 g/mol. The fourth-order valence-corrected chi connectivity index (χ4v) is 3.10. The van der Waals surface area contributed by atoms with E-state index >= 15 is 0 Å². The van der Waals surface area contributed by atoms with Crippen LogP contribution in [0.3, 0.4) is 0 Å². The second-order valence-corrected chi connectivity index (χ2v) is 5.77. The van der Waals surface area contributed by atoms with Crippen LogP contribution in [0.5, 0.6) is 0 Å². The molecule has 1 fully saturated rings. The maximum absolute atomic E-state index is 6.46. The molecular formula is C16H25ClN2O2. The highest BCUT2D eigenvalue weighted by Gasteiger charge is 2.23. The van der Waals surface area contributed by atoms with Gasteiger partial charge in [0.25, 0.3) is 0 Å². The Hall–Kier alpha value is -0.810. The number of anilines is 1. The molecule has 0 aromatic heterocycles. The van der Waals surface area contributed by atoms with Gasteiger partial charge in [-0.05, 0) is 24.5 Å². The summed E-state index contributed by atoms with van der Waals surface area (Å²) in [6, 6.07) is 6.11. The Morgan fingerprint density at radius 3 is 3.00 bits per heavy atom. The summed E-state index contributed by atoms with van der Waals surface area (Å²) in [5.74, 6) is 0. The molecule has 1 saturated heterocycles. The fraction of sp³-hybridized carbons (Fsp3) is 0.625. The van der Waals surface area contributed by atoms with Gasteiger partial charge < -0.3 is 19.7 Å². The molecule has 1 aliphatic rings. The Balaban J connectivity index is 2.09. The number of nitrogens with zero attached hydrogens (tertiary/aromatic N) is 1. The van der Waals surface area contributed by atoms with Crippen molar-refractivity contribution in [3.05, 3.63) is 28.8 Å². The van der Waals surface area contributed by atoms with Crippen molar-refractivity contribution in [3.8, 4) is 0 Å². The van der Waals surface area contributed by atoms with Crippen molar-refractivity contribution in [1.82, 2.24) is 5.32 Å². The zero-order chi connectivity index (χ0) is 15.1. The van der Waals surface area contributed by atoms with Gasteiger partial charge in [-0.2, -0.15) is 0 Å². The number of rotatable bonds is 7. The second-order valence-electron chi connectivity index (χ2n) is 5.36. The molecule has 2 rings (SSSR count). The van der Waals surface area contributed by atoms with Crippen LogP contribution in [0, 0.1) is 0 Å². The number of para-hydroxylation sites is 1. The van der Waals surface area contributed by atoms with E-state index in [-0.39, 0.29) is 0 Å². The number of ether oxygens (including phenoxy) is 2. The van der Waals surface area contributed by atoms with Crippen molar-refractivity contribution < 1.29 is 9.47 Å². The first-order valence-corrected chi connectivity index (χ1v) is 7.89. The molecule has 118 valence electrons. The van der Waals surface area contributed by atoms with Crippen LogP contribution in [-0.4, -0.2) is 46.6 Å². The van der Waals surface area contributed by atoms with E-state index in [9.17, 15) is 0 Å². The first-order valence-electron chi connectivity index (χ1n) is 7.51. The average Bonchev–Trinajstić information content (AvgIpc) is 2.51. The van der Waals surface area contributed by atoms with Crippen molar-refractivity contribution in [3.63, 3.8) is 0 Å². The third-order valence-corrected chi connectivity index (χ3v) is 4.20. The van der Waals surface area contributed by atoms with Gasteiger partial charge in [0.1, 0.15) is 0 Å². The number of hydrogen-bond acceptors (Lipinski definition) is 4. The van der Waals surface area contributed by atoms with E-state index in [0.717, 1.165) is 49.7 Å². The third kappa shape index (κ3) is 4.58. The monoisotopic (exact) mass is 312 g/mol. The summed E-state index contributed by atoms with van der Waals surface area (Å²) in [4.78, 5) is 2.35. The van der Waals surface area contributed by atoms with Gasteiger partial charge in [0, 0.05) is 40.4 Å². The lowest BCUT2D eigenvalue weighted by atomic mass is 10.0. The van der Waals surface area contributed by atoms with Crippen LogP contribution in [0.25, 0.3) is 0 Å². The molecule has 0 saturated carbocycles. The van der Waals surface area contributed by atoms with Crippen LogP contribution < -0.4 is 10.2 Å². The zero-order valence-electron chi connectivity index (χ0n) is 12.9. The van der Waals surface area contributed by atoms with Gasteiger partial charge in [-0.1, -0.05) is 23.7 Å². The SMILES string of the molecule is COCCNCc1cccc(Cl)c1N1CCCC(OC)C1. The lowest BCUT2D eigenvalue weighted by Crippen LogP contribution is -2.40. The largest absolute Gasteiger partial charge is 0.383 e. The van der Waals surface area contributed by atoms with E-state index in [4.69, 9.17) is 21.1 Å². The molecule has 0 bridgehead atoms. The molecule has 21 heavy (non-hydrogen) atoms. The number of halogens is 1. The molecule has 5 heteroatoms. The minimum Gasteiger partial charge on any atom is -0.383 e. The number of nitrogens with one attached hydrogen (secondary N) is 1. The molecule has 1 unspecified atom stereocenters. The summed E-state index contributed by atoms with van der Waals surface area (Å²) >= 11 is 6.46. The molecule has 1 atom stereocenters. The second kappa shape index (κ2) is 8.59. The summed E-state index contributed by atoms with van der Waals surface area (Å²) < 4.78 is 10.6. The summed E-state index contributed by atoms with van der Waals surface area (Å²) in [5, 5.41) is 4.21. The zero-order valence-corrected chi connectivity index (χ0v) is 13.7. The van der Waals surface area contributed by atoms with Crippen LogP contribution in [0.1, 0.15) is 18.4 Å². The van der Waals surface area contributed by atoms with Gasteiger partial charge in [-0.25, -0.2) is 0 Å². The van der Waals surface area contributed by atoms with E-state index in [1.54, 1.807) is 14.2 Å². The highest BCUT2D eigenvalue weighted by Crippen LogP contribution is 2.32. The van der Waals surface area contributed by atoms with Gasteiger partial charge in [-0.15, -0.1) is 0 Å². The van der Waals surface area contributed by atoms with E-state index < -0.39 is 0 Å². The van der Waals surface area contributed by atoms with E-state index in [0.29, 0.717) is 12.7 Å². The van der Waals surface area contributed by atoms with Crippen molar-refractivity contribution in [1.29, 1.82) is 0 Å². The van der Waals surface area contributed by atoms with Crippen LogP contribution in [0.15, 0.2) is 18.2 Å². The predicted octanol–water partition coefficient (Wildman–Crippen LogP) is 2.69. The van der Waals surface area contributed by atoms with Crippen molar-refractivity contribution >= 4 is 17.3 Å². The van der Waals surface area contributed by atoms with Gasteiger partial charge in [-0.3, -0.25) is 0 Å². The molecule has 0 radical (unpaired) electrons. The molecule has 1 aromatic rings. The van der Waals surface area contributed by atoms with Crippen LogP contribution in [0.4, 0.5) is 5.69 Å². The molecule has 1 aromatic carbocycles. The van der Waals surface area contributed by atoms with Crippen LogP contribution in [-0.2, 0) is 16.0 Å². The Labute approximate surface area is 132 Å².